The summed E-state index contributed by atoms with van der Waals surface area (Å²) >= 11 is 0. The van der Waals surface area contributed by atoms with Gasteiger partial charge in [-0.05, 0) is 32.6 Å². The molecule has 0 atom stereocenters. The lowest BCUT2D eigenvalue weighted by Gasteiger charge is -2.07. The molecule has 0 fully saturated rings. The Morgan fingerprint density at radius 1 is 1.23 bits per heavy atom. The fourth-order valence-corrected chi connectivity index (χ4v) is 1.48. The number of hydrogen-bond donors (Lipinski definition) is 0. The zero-order chi connectivity index (χ0) is 9.52. The van der Waals surface area contributed by atoms with Gasteiger partial charge in [0.15, 0.2) is 0 Å². The van der Waals surface area contributed by atoms with Gasteiger partial charge in [-0.3, -0.25) is 0 Å². The molecule has 0 N–H and O–H groups in total. The Morgan fingerprint density at radius 3 is 2.77 bits per heavy atom. The van der Waals surface area contributed by atoms with Crippen LogP contribution in [0, 0.1) is 6.92 Å². The molecular weight excluding hydrogens is 156 g/mol. The van der Waals surface area contributed by atoms with Gasteiger partial charge >= 0.3 is 0 Å². The van der Waals surface area contributed by atoms with Gasteiger partial charge in [0.2, 0.25) is 0 Å². The van der Waals surface area contributed by atoms with Gasteiger partial charge in [-0.25, -0.2) is 0 Å². The second-order valence-electron chi connectivity index (χ2n) is 3.64. The summed E-state index contributed by atoms with van der Waals surface area (Å²) in [5, 5.41) is 0. The molecular formula is C13H19. The lowest BCUT2D eigenvalue weighted by molar-refractivity contribution is 0.750. The topological polar surface area (TPSA) is 0 Å². The van der Waals surface area contributed by atoms with Crippen LogP contribution in [0.1, 0.15) is 39.0 Å². The fourth-order valence-electron chi connectivity index (χ4n) is 1.48. The fraction of sp³-hybridized carbons (Fsp3) is 0.462. The summed E-state index contributed by atoms with van der Waals surface area (Å²) in [4.78, 5) is 0. The maximum atomic E-state index is 4.00. The van der Waals surface area contributed by atoms with E-state index in [0.29, 0.717) is 0 Å². The molecule has 0 aromatic heterocycles. The Kier molecular flexibility index (Phi) is 4.59. The maximum Gasteiger partial charge on any atom is -0.0280 e. The molecule has 0 aromatic carbocycles. The maximum absolute atomic E-state index is 4.00. The molecule has 0 saturated heterocycles. The highest BCUT2D eigenvalue weighted by molar-refractivity contribution is 5.24. The lowest BCUT2D eigenvalue weighted by atomic mass is 9.99. The highest BCUT2D eigenvalue weighted by Crippen LogP contribution is 2.18. The van der Waals surface area contributed by atoms with Gasteiger partial charge in [-0.2, -0.15) is 0 Å². The van der Waals surface area contributed by atoms with E-state index in [4.69, 9.17) is 0 Å². The number of rotatable bonds is 3. The van der Waals surface area contributed by atoms with Crippen LogP contribution in [0.2, 0.25) is 0 Å². The van der Waals surface area contributed by atoms with Gasteiger partial charge in [0.05, 0.1) is 0 Å². The molecule has 1 radical (unpaired) electrons. The summed E-state index contributed by atoms with van der Waals surface area (Å²) in [6.07, 6.45) is 14.8. The summed E-state index contributed by atoms with van der Waals surface area (Å²) in [6, 6.07) is 0. The third kappa shape index (κ3) is 4.12. The summed E-state index contributed by atoms with van der Waals surface area (Å²) < 4.78 is 0. The van der Waals surface area contributed by atoms with Crippen LogP contribution in [0.3, 0.4) is 0 Å². The number of hydrogen-bond acceptors (Lipinski definition) is 0. The molecule has 1 aliphatic rings. The van der Waals surface area contributed by atoms with E-state index in [-0.39, 0.29) is 0 Å². The molecule has 0 heterocycles. The minimum Gasteiger partial charge on any atom is -0.0699 e. The van der Waals surface area contributed by atoms with Crippen LogP contribution in [0.5, 0.6) is 0 Å². The van der Waals surface area contributed by atoms with E-state index in [0.717, 1.165) is 6.42 Å². The number of allylic oxidation sites excluding steroid dienone is 6. The monoisotopic (exact) mass is 175 g/mol. The van der Waals surface area contributed by atoms with Gasteiger partial charge in [0.1, 0.15) is 0 Å². The van der Waals surface area contributed by atoms with Gasteiger partial charge in [-0.15, -0.1) is 0 Å². The number of unbranched alkanes of at least 4 members (excludes halogenated alkanes) is 1. The Labute approximate surface area is 82.0 Å². The van der Waals surface area contributed by atoms with Gasteiger partial charge in [-0.1, -0.05) is 48.8 Å². The third-order valence-electron chi connectivity index (χ3n) is 2.39. The quantitative estimate of drug-likeness (QED) is 0.602. The molecule has 0 nitrogen and oxygen atoms in total. The molecule has 13 heavy (non-hydrogen) atoms. The van der Waals surface area contributed by atoms with E-state index < -0.39 is 0 Å². The summed E-state index contributed by atoms with van der Waals surface area (Å²) in [5.74, 6) is 0. The Hall–Kier alpha value is -0.780. The first kappa shape index (κ1) is 10.3. The third-order valence-corrected chi connectivity index (χ3v) is 2.39. The van der Waals surface area contributed by atoms with E-state index in [9.17, 15) is 0 Å². The van der Waals surface area contributed by atoms with Crippen molar-refractivity contribution in [3.8, 4) is 0 Å². The highest BCUT2D eigenvalue weighted by atomic mass is 14.0. The second-order valence-corrected chi connectivity index (χ2v) is 3.64. The molecule has 71 valence electrons. The van der Waals surface area contributed by atoms with E-state index in [1.165, 1.54) is 31.3 Å². The predicted molar refractivity (Wildman–Crippen MR) is 59.4 cm³/mol. The van der Waals surface area contributed by atoms with Crippen molar-refractivity contribution in [1.82, 2.24) is 0 Å². The Morgan fingerprint density at radius 2 is 2.00 bits per heavy atom. The van der Waals surface area contributed by atoms with Crippen molar-refractivity contribution in [1.29, 1.82) is 0 Å². The van der Waals surface area contributed by atoms with Crippen LogP contribution in [0.25, 0.3) is 0 Å². The molecule has 1 rings (SSSR count). The van der Waals surface area contributed by atoms with Crippen LogP contribution in [-0.4, -0.2) is 0 Å². The van der Waals surface area contributed by atoms with Gasteiger partial charge in [0.25, 0.3) is 0 Å². The second kappa shape index (κ2) is 5.80. The molecule has 0 spiro atoms. The summed E-state index contributed by atoms with van der Waals surface area (Å²) in [7, 11) is 0. The van der Waals surface area contributed by atoms with E-state index in [1.807, 2.05) is 0 Å². The molecule has 0 aliphatic heterocycles. The predicted octanol–water partition coefficient (Wildman–Crippen LogP) is 4.21. The van der Waals surface area contributed by atoms with Crippen LogP contribution < -0.4 is 0 Å². The lowest BCUT2D eigenvalue weighted by Crippen LogP contribution is -1.88. The first-order valence-electron chi connectivity index (χ1n) is 5.20. The van der Waals surface area contributed by atoms with Crippen LogP contribution in [0.15, 0.2) is 35.5 Å². The van der Waals surface area contributed by atoms with Crippen molar-refractivity contribution in [2.24, 2.45) is 0 Å². The minimum absolute atomic E-state index is 1.12. The standard InChI is InChI=1S/C13H19/c1-3-4-8-13-9-6-5-7-12(2)10-11-13/h5-7,9H,2-4,8,10-11H2,1H3/b6-5-,12-7+,13-9-. The van der Waals surface area contributed by atoms with Crippen LogP contribution in [0.4, 0.5) is 0 Å². The molecule has 0 aromatic rings. The van der Waals surface area contributed by atoms with E-state index in [1.54, 1.807) is 5.57 Å². The molecule has 0 amide bonds. The van der Waals surface area contributed by atoms with Crippen molar-refractivity contribution in [3.63, 3.8) is 0 Å². The van der Waals surface area contributed by atoms with Gasteiger partial charge in [0, 0.05) is 0 Å². The van der Waals surface area contributed by atoms with E-state index >= 15 is 0 Å². The Bertz CT molecular complexity index is 228. The van der Waals surface area contributed by atoms with Crippen molar-refractivity contribution in [2.45, 2.75) is 39.0 Å². The van der Waals surface area contributed by atoms with E-state index in [2.05, 4.69) is 38.2 Å². The first-order valence-corrected chi connectivity index (χ1v) is 5.20. The average molecular weight is 175 g/mol. The first-order chi connectivity index (χ1) is 6.33. The molecule has 0 unspecified atom stereocenters. The normalized spacial score (nSPS) is 27.8. The minimum atomic E-state index is 1.12. The van der Waals surface area contributed by atoms with Crippen molar-refractivity contribution >= 4 is 0 Å². The summed E-state index contributed by atoms with van der Waals surface area (Å²) in [6.45, 7) is 6.24. The molecule has 0 heteroatoms. The largest absolute Gasteiger partial charge is 0.0699 e. The Balaban J connectivity index is 2.48. The smallest absolute Gasteiger partial charge is 0.0280 e. The zero-order valence-electron chi connectivity index (χ0n) is 8.55. The molecule has 1 aliphatic carbocycles. The molecule has 0 bridgehead atoms. The van der Waals surface area contributed by atoms with Crippen LogP contribution in [-0.2, 0) is 0 Å². The molecule has 0 saturated carbocycles. The van der Waals surface area contributed by atoms with Crippen LogP contribution >= 0.6 is 0 Å². The van der Waals surface area contributed by atoms with Crippen molar-refractivity contribution in [3.05, 3.63) is 42.4 Å². The van der Waals surface area contributed by atoms with Crippen molar-refractivity contribution in [2.75, 3.05) is 0 Å². The highest BCUT2D eigenvalue weighted by Gasteiger charge is 1.98. The summed E-state index contributed by atoms with van der Waals surface area (Å²) in [5.41, 5.74) is 2.82. The SMILES string of the molecule is [CH2]\C1=C/C=C\C=C(\CCCC)CC1. The zero-order valence-corrected chi connectivity index (χ0v) is 8.55. The van der Waals surface area contributed by atoms with Crippen molar-refractivity contribution < 1.29 is 0 Å². The van der Waals surface area contributed by atoms with Gasteiger partial charge < -0.3 is 0 Å². The average Bonchev–Trinajstić information content (AvgIpc) is 2.11.